The van der Waals surface area contributed by atoms with Crippen LogP contribution >= 0.6 is 11.6 Å². The summed E-state index contributed by atoms with van der Waals surface area (Å²) in [7, 11) is 0. The Hall–Kier alpha value is -1.52. The van der Waals surface area contributed by atoms with Crippen LogP contribution in [0.2, 0.25) is 5.02 Å². The Morgan fingerprint density at radius 2 is 1.67 bits per heavy atom. The Bertz CT molecular complexity index is 985. The lowest BCUT2D eigenvalue weighted by molar-refractivity contribution is -0.137. The Balaban J connectivity index is 1.32. The van der Waals surface area contributed by atoms with Gasteiger partial charge in [0.15, 0.2) is 0 Å². The van der Waals surface area contributed by atoms with Gasteiger partial charge in [0.1, 0.15) is 0 Å². The summed E-state index contributed by atoms with van der Waals surface area (Å²) >= 11 is 6.18. The molecule has 4 bridgehead atoms. The Kier molecular flexibility index (Phi) is 5.85. The van der Waals surface area contributed by atoms with E-state index in [1.165, 1.54) is 56.2 Å². The molecule has 4 fully saturated rings. The monoisotopic (exact) mass is 475 g/mol. The van der Waals surface area contributed by atoms with Crippen LogP contribution in [0, 0.1) is 17.3 Å². The number of benzene rings is 2. The molecule has 2 aromatic rings. The highest BCUT2D eigenvalue weighted by molar-refractivity contribution is 6.30. The Morgan fingerprint density at radius 1 is 1.00 bits per heavy atom. The molecule has 33 heavy (non-hydrogen) atoms. The van der Waals surface area contributed by atoms with E-state index in [0.717, 1.165) is 28.5 Å². The Labute approximate surface area is 200 Å². The zero-order valence-corrected chi connectivity index (χ0v) is 20.1. The summed E-state index contributed by atoms with van der Waals surface area (Å²) in [5, 5.41) is 4.61. The van der Waals surface area contributed by atoms with Crippen molar-refractivity contribution in [2.75, 3.05) is 0 Å². The van der Waals surface area contributed by atoms with Crippen molar-refractivity contribution >= 4 is 11.6 Å². The third kappa shape index (κ3) is 4.46. The molecule has 4 saturated carbocycles. The third-order valence-electron chi connectivity index (χ3n) is 8.81. The van der Waals surface area contributed by atoms with Crippen molar-refractivity contribution in [1.82, 2.24) is 5.32 Å². The van der Waals surface area contributed by atoms with E-state index in [4.69, 9.17) is 11.6 Å². The second-order valence-electron chi connectivity index (χ2n) is 11.3. The van der Waals surface area contributed by atoms with E-state index in [9.17, 15) is 13.2 Å². The van der Waals surface area contributed by atoms with Gasteiger partial charge in [-0.1, -0.05) is 41.9 Å². The van der Waals surface area contributed by atoms with Crippen LogP contribution in [0.15, 0.2) is 48.5 Å². The SMILES string of the molecule is C[C@H](Cc1cccc(C(F)(F)F)c1)N[C@@H](C)C12C[C@@H]3C[C@H](CC(c4ccc(Cl)cc4)(C3)C1)C2. The summed E-state index contributed by atoms with van der Waals surface area (Å²) in [6, 6.07) is 14.7. The normalized spacial score (nSPS) is 32.7. The van der Waals surface area contributed by atoms with Crippen LogP contribution in [-0.2, 0) is 18.0 Å². The first kappa shape index (κ1) is 23.2. The van der Waals surface area contributed by atoms with Crippen molar-refractivity contribution < 1.29 is 13.2 Å². The zero-order chi connectivity index (χ0) is 23.4. The van der Waals surface area contributed by atoms with Crippen molar-refractivity contribution in [3.8, 4) is 0 Å². The highest BCUT2D eigenvalue weighted by Gasteiger charge is 2.59. The summed E-state index contributed by atoms with van der Waals surface area (Å²) in [6.45, 7) is 4.41. The van der Waals surface area contributed by atoms with Crippen molar-refractivity contribution in [3.05, 3.63) is 70.2 Å². The summed E-state index contributed by atoms with van der Waals surface area (Å²) in [5.74, 6) is 1.54. The molecule has 5 heteroatoms. The van der Waals surface area contributed by atoms with Gasteiger partial charge >= 0.3 is 6.18 Å². The number of rotatable bonds is 6. The zero-order valence-electron chi connectivity index (χ0n) is 19.4. The van der Waals surface area contributed by atoms with E-state index in [1.54, 1.807) is 6.07 Å². The predicted molar refractivity (Wildman–Crippen MR) is 127 cm³/mol. The van der Waals surface area contributed by atoms with Crippen molar-refractivity contribution in [1.29, 1.82) is 0 Å². The van der Waals surface area contributed by atoms with E-state index in [0.29, 0.717) is 12.5 Å². The molecular formula is C28H33ClF3N. The molecule has 1 nitrogen and oxygen atoms in total. The molecule has 4 atom stereocenters. The lowest BCUT2D eigenvalue weighted by atomic mass is 9.41. The number of alkyl halides is 3. The minimum Gasteiger partial charge on any atom is -0.311 e. The molecule has 0 unspecified atom stereocenters. The van der Waals surface area contributed by atoms with E-state index in [-0.39, 0.29) is 16.9 Å². The number of halogens is 4. The summed E-state index contributed by atoms with van der Waals surface area (Å²) in [4.78, 5) is 0. The van der Waals surface area contributed by atoms with Gasteiger partial charge in [-0.2, -0.15) is 13.2 Å². The fraction of sp³-hybridized carbons (Fsp3) is 0.571. The predicted octanol–water partition coefficient (Wildman–Crippen LogP) is 7.81. The van der Waals surface area contributed by atoms with E-state index < -0.39 is 11.7 Å². The first-order chi connectivity index (χ1) is 15.6. The summed E-state index contributed by atoms with van der Waals surface area (Å²) < 4.78 is 39.3. The van der Waals surface area contributed by atoms with Gasteiger partial charge in [-0.05, 0) is 111 Å². The highest BCUT2D eigenvalue weighted by Crippen LogP contribution is 2.66. The molecule has 178 valence electrons. The first-order valence-corrected chi connectivity index (χ1v) is 12.6. The van der Waals surface area contributed by atoms with Gasteiger partial charge in [0.25, 0.3) is 0 Å². The largest absolute Gasteiger partial charge is 0.416 e. The lowest BCUT2D eigenvalue weighted by Gasteiger charge is -2.64. The minimum absolute atomic E-state index is 0.114. The third-order valence-corrected chi connectivity index (χ3v) is 9.06. The quantitative estimate of drug-likeness (QED) is 0.449. The van der Waals surface area contributed by atoms with Crippen LogP contribution in [0.3, 0.4) is 0 Å². The topological polar surface area (TPSA) is 12.0 Å². The molecule has 0 aliphatic heterocycles. The van der Waals surface area contributed by atoms with E-state index in [2.05, 4.69) is 31.3 Å². The molecule has 0 aromatic heterocycles. The van der Waals surface area contributed by atoms with Gasteiger partial charge in [-0.3, -0.25) is 0 Å². The average Bonchev–Trinajstić information content (AvgIpc) is 2.72. The molecule has 6 rings (SSSR count). The molecule has 4 aliphatic rings. The fourth-order valence-corrected chi connectivity index (χ4v) is 8.00. The van der Waals surface area contributed by atoms with E-state index >= 15 is 0 Å². The second-order valence-corrected chi connectivity index (χ2v) is 11.7. The van der Waals surface area contributed by atoms with Crippen LogP contribution in [-0.4, -0.2) is 12.1 Å². The standard InChI is InChI=1S/C28H33ClF3N/c1-18(10-20-4-3-5-24(12-20)28(30,31)32)33-19(2)26-13-21-11-22(14-26)16-27(15-21,17-26)23-6-8-25(29)9-7-23/h3-9,12,18-19,21-22,33H,10-11,13-17H2,1-2H3/t18-,19+,21+,22+,26?,27?/m1/s1. The summed E-state index contributed by atoms with van der Waals surface area (Å²) in [6.07, 6.45) is 3.93. The van der Waals surface area contributed by atoms with Gasteiger partial charge in [0.2, 0.25) is 0 Å². The van der Waals surface area contributed by atoms with Gasteiger partial charge < -0.3 is 5.32 Å². The van der Waals surface area contributed by atoms with Gasteiger partial charge in [0.05, 0.1) is 5.56 Å². The minimum atomic E-state index is -4.30. The fourth-order valence-electron chi connectivity index (χ4n) is 7.87. The number of nitrogens with one attached hydrogen (secondary N) is 1. The van der Waals surface area contributed by atoms with Crippen molar-refractivity contribution in [2.24, 2.45) is 17.3 Å². The maximum atomic E-state index is 13.1. The van der Waals surface area contributed by atoms with Gasteiger partial charge in [-0.25, -0.2) is 0 Å². The Morgan fingerprint density at radius 3 is 2.30 bits per heavy atom. The summed E-state index contributed by atoms with van der Waals surface area (Å²) in [5.41, 5.74) is 2.11. The van der Waals surface area contributed by atoms with E-state index in [1.807, 2.05) is 12.1 Å². The number of hydrogen-bond acceptors (Lipinski definition) is 1. The van der Waals surface area contributed by atoms with Gasteiger partial charge in [0, 0.05) is 17.1 Å². The van der Waals surface area contributed by atoms with Crippen molar-refractivity contribution in [3.63, 3.8) is 0 Å². The molecule has 0 heterocycles. The maximum absolute atomic E-state index is 13.1. The molecule has 0 amide bonds. The molecule has 2 aromatic carbocycles. The van der Waals surface area contributed by atoms with Crippen LogP contribution in [0.4, 0.5) is 13.2 Å². The molecule has 0 radical (unpaired) electrons. The smallest absolute Gasteiger partial charge is 0.311 e. The van der Waals surface area contributed by atoms with Crippen LogP contribution in [0.5, 0.6) is 0 Å². The van der Waals surface area contributed by atoms with Crippen LogP contribution in [0.25, 0.3) is 0 Å². The average molecular weight is 476 g/mol. The van der Waals surface area contributed by atoms with Crippen LogP contribution < -0.4 is 5.32 Å². The van der Waals surface area contributed by atoms with Crippen molar-refractivity contribution in [2.45, 2.75) is 82.5 Å². The molecule has 4 aliphatic carbocycles. The maximum Gasteiger partial charge on any atom is 0.416 e. The lowest BCUT2D eigenvalue weighted by Crippen LogP contribution is -2.60. The molecule has 1 N–H and O–H groups in total. The molecule has 0 saturated heterocycles. The highest BCUT2D eigenvalue weighted by atomic mass is 35.5. The molecular weight excluding hydrogens is 443 g/mol. The van der Waals surface area contributed by atoms with Gasteiger partial charge in [-0.15, -0.1) is 0 Å². The molecule has 0 spiro atoms. The van der Waals surface area contributed by atoms with Crippen LogP contribution in [0.1, 0.15) is 69.1 Å². The first-order valence-electron chi connectivity index (χ1n) is 12.3. The second kappa shape index (κ2) is 8.30. The number of hydrogen-bond donors (Lipinski definition) is 1.